The van der Waals surface area contributed by atoms with Gasteiger partial charge in [0.2, 0.25) is 0 Å². The second-order valence-corrected chi connectivity index (χ2v) is 9.62. The molecule has 37 heavy (non-hydrogen) atoms. The fraction of sp³-hybridized carbons (Fsp3) is 0.172. The van der Waals surface area contributed by atoms with E-state index in [9.17, 15) is 35.7 Å². The van der Waals surface area contributed by atoms with Crippen molar-refractivity contribution in [1.29, 1.82) is 0 Å². The van der Waals surface area contributed by atoms with E-state index in [1.807, 2.05) is 0 Å². The first-order chi connectivity index (χ1) is 17.7. The van der Waals surface area contributed by atoms with Crippen LogP contribution in [0.1, 0.15) is 57.1 Å². The molecular formula is C29H24O8. The number of benzene rings is 4. The number of hydrogen-bond acceptors (Lipinski definition) is 8. The van der Waals surface area contributed by atoms with Gasteiger partial charge in [-0.15, -0.1) is 0 Å². The third-order valence-electron chi connectivity index (χ3n) is 7.72. The molecule has 0 fully saturated rings. The number of ether oxygens (including phenoxy) is 1. The molecule has 0 amide bonds. The van der Waals surface area contributed by atoms with Gasteiger partial charge in [-0.2, -0.15) is 0 Å². The van der Waals surface area contributed by atoms with Gasteiger partial charge in [0, 0.05) is 46.9 Å². The summed E-state index contributed by atoms with van der Waals surface area (Å²) in [6.07, 6.45) is 0. The van der Waals surface area contributed by atoms with E-state index in [-0.39, 0.29) is 46.0 Å². The summed E-state index contributed by atoms with van der Waals surface area (Å²) in [7, 11) is 1.44. The van der Waals surface area contributed by atoms with Crippen LogP contribution in [0.2, 0.25) is 0 Å². The largest absolute Gasteiger partial charge is 0.508 e. The molecule has 0 heterocycles. The molecule has 0 aliphatic heterocycles. The Morgan fingerprint density at radius 3 is 1.49 bits per heavy atom. The first-order valence-electron chi connectivity index (χ1n) is 11.7. The van der Waals surface area contributed by atoms with Gasteiger partial charge in [0.1, 0.15) is 23.0 Å². The molecule has 0 saturated carbocycles. The van der Waals surface area contributed by atoms with Crippen molar-refractivity contribution in [2.45, 2.75) is 23.7 Å². The molecule has 6 rings (SSSR count). The molecule has 0 saturated heterocycles. The number of hydrogen-bond donors (Lipinski definition) is 7. The molecule has 188 valence electrons. The van der Waals surface area contributed by atoms with Gasteiger partial charge in [0.15, 0.2) is 23.0 Å². The summed E-state index contributed by atoms with van der Waals surface area (Å²) >= 11 is 0. The third kappa shape index (κ3) is 3.22. The van der Waals surface area contributed by atoms with Crippen LogP contribution in [0, 0.1) is 0 Å². The van der Waals surface area contributed by atoms with Crippen LogP contribution >= 0.6 is 0 Å². The Bertz CT molecular complexity index is 1580. The molecule has 4 aromatic carbocycles. The Balaban J connectivity index is 1.68. The maximum Gasteiger partial charge on any atom is 0.160 e. The Labute approximate surface area is 211 Å². The molecule has 4 aromatic rings. The summed E-state index contributed by atoms with van der Waals surface area (Å²) < 4.78 is 5.33. The van der Waals surface area contributed by atoms with E-state index in [2.05, 4.69) is 0 Å². The summed E-state index contributed by atoms with van der Waals surface area (Å²) in [6.45, 7) is 0. The van der Waals surface area contributed by atoms with E-state index in [0.717, 1.165) is 0 Å². The highest BCUT2D eigenvalue weighted by molar-refractivity contribution is 5.69. The SMILES string of the molecule is COc1cc([C@@H]2c3c(O)cc(O)cc3[C@H]3[C@H](c4ccc(O)c(O)c4)c4c(O)cc(O)cc4[C@@H]23)ccc1O. The van der Waals surface area contributed by atoms with Crippen molar-refractivity contribution in [3.8, 4) is 46.0 Å². The predicted octanol–water partition coefficient (Wildman–Crippen LogP) is 4.79. The Morgan fingerprint density at radius 1 is 0.514 bits per heavy atom. The lowest BCUT2D eigenvalue weighted by molar-refractivity contribution is 0.372. The normalized spacial score (nSPS) is 21.3. The monoisotopic (exact) mass is 500 g/mol. The van der Waals surface area contributed by atoms with Gasteiger partial charge in [-0.05, 0) is 58.7 Å². The summed E-state index contributed by atoms with van der Waals surface area (Å²) in [5.41, 5.74) is 3.72. The van der Waals surface area contributed by atoms with Crippen LogP contribution in [-0.2, 0) is 0 Å². The average molecular weight is 501 g/mol. The average Bonchev–Trinajstić information content (AvgIpc) is 3.35. The number of aromatic hydroxyl groups is 7. The highest BCUT2D eigenvalue weighted by Crippen LogP contribution is 2.69. The van der Waals surface area contributed by atoms with Crippen LogP contribution in [0.25, 0.3) is 0 Å². The lowest BCUT2D eigenvalue weighted by atomic mass is 9.79. The van der Waals surface area contributed by atoms with Crippen molar-refractivity contribution in [3.63, 3.8) is 0 Å². The Kier molecular flexibility index (Phi) is 4.85. The lowest BCUT2D eigenvalue weighted by Crippen LogP contribution is -2.10. The smallest absolute Gasteiger partial charge is 0.160 e. The fourth-order valence-electron chi connectivity index (χ4n) is 6.41. The van der Waals surface area contributed by atoms with Crippen molar-refractivity contribution < 1.29 is 40.5 Å². The van der Waals surface area contributed by atoms with Crippen molar-refractivity contribution in [1.82, 2.24) is 0 Å². The molecule has 8 nitrogen and oxygen atoms in total. The van der Waals surface area contributed by atoms with Crippen molar-refractivity contribution in [3.05, 3.63) is 94.0 Å². The van der Waals surface area contributed by atoms with Crippen LogP contribution in [0.4, 0.5) is 0 Å². The quantitative estimate of drug-likeness (QED) is 0.198. The summed E-state index contributed by atoms with van der Waals surface area (Å²) in [4.78, 5) is 0. The van der Waals surface area contributed by atoms with Gasteiger partial charge in [0.25, 0.3) is 0 Å². The summed E-state index contributed by atoms with van der Waals surface area (Å²) in [5, 5.41) is 73.4. The van der Waals surface area contributed by atoms with Crippen molar-refractivity contribution in [2.24, 2.45) is 0 Å². The molecule has 4 atom stereocenters. The zero-order valence-corrected chi connectivity index (χ0v) is 19.6. The zero-order valence-electron chi connectivity index (χ0n) is 19.6. The minimum atomic E-state index is -0.545. The maximum absolute atomic E-state index is 11.1. The van der Waals surface area contributed by atoms with E-state index in [4.69, 9.17) is 4.74 Å². The molecule has 2 aliphatic rings. The second-order valence-electron chi connectivity index (χ2n) is 9.62. The number of rotatable bonds is 3. The third-order valence-corrected chi connectivity index (χ3v) is 7.72. The zero-order chi connectivity index (χ0) is 26.2. The van der Waals surface area contributed by atoms with Gasteiger partial charge in [-0.3, -0.25) is 0 Å². The minimum Gasteiger partial charge on any atom is -0.508 e. The molecule has 0 bridgehead atoms. The number of phenols is 7. The topological polar surface area (TPSA) is 151 Å². The predicted molar refractivity (Wildman–Crippen MR) is 133 cm³/mol. The highest BCUT2D eigenvalue weighted by Gasteiger charge is 2.54. The van der Waals surface area contributed by atoms with Gasteiger partial charge in [-0.25, -0.2) is 0 Å². The minimum absolute atomic E-state index is 0.0458. The number of phenolic OH excluding ortho intramolecular Hbond substituents is 7. The van der Waals surface area contributed by atoms with Crippen molar-refractivity contribution >= 4 is 0 Å². The molecular weight excluding hydrogens is 476 g/mol. The molecule has 0 radical (unpaired) electrons. The van der Waals surface area contributed by atoms with Crippen LogP contribution in [0.3, 0.4) is 0 Å². The summed E-state index contributed by atoms with van der Waals surface area (Å²) in [6, 6.07) is 15.1. The van der Waals surface area contributed by atoms with Crippen molar-refractivity contribution in [2.75, 3.05) is 7.11 Å². The van der Waals surface area contributed by atoms with E-state index >= 15 is 0 Å². The van der Waals surface area contributed by atoms with Gasteiger partial charge >= 0.3 is 0 Å². The fourth-order valence-corrected chi connectivity index (χ4v) is 6.41. The van der Waals surface area contributed by atoms with Crippen LogP contribution < -0.4 is 4.74 Å². The number of methoxy groups -OCH3 is 1. The molecule has 7 N–H and O–H groups in total. The van der Waals surface area contributed by atoms with E-state index in [0.29, 0.717) is 33.4 Å². The van der Waals surface area contributed by atoms with E-state index < -0.39 is 23.7 Å². The first kappa shape index (κ1) is 22.7. The van der Waals surface area contributed by atoms with Crippen LogP contribution in [0.15, 0.2) is 60.7 Å². The van der Waals surface area contributed by atoms with Gasteiger partial charge in [-0.1, -0.05) is 12.1 Å². The van der Waals surface area contributed by atoms with Gasteiger partial charge < -0.3 is 40.5 Å². The Hall–Kier alpha value is -4.72. The molecule has 8 heteroatoms. The maximum atomic E-state index is 11.1. The number of fused-ring (bicyclic) bond motifs is 5. The Morgan fingerprint density at radius 2 is 1.00 bits per heavy atom. The first-order valence-corrected chi connectivity index (χ1v) is 11.7. The van der Waals surface area contributed by atoms with Crippen LogP contribution in [-0.4, -0.2) is 42.9 Å². The van der Waals surface area contributed by atoms with Crippen LogP contribution in [0.5, 0.6) is 46.0 Å². The summed E-state index contributed by atoms with van der Waals surface area (Å²) in [5.74, 6) is -2.79. The lowest BCUT2D eigenvalue weighted by Gasteiger charge is -2.24. The van der Waals surface area contributed by atoms with Gasteiger partial charge in [0.05, 0.1) is 7.11 Å². The molecule has 0 spiro atoms. The van der Waals surface area contributed by atoms with E-state index in [1.54, 1.807) is 30.3 Å². The molecule has 2 aliphatic carbocycles. The standard InChI is InChI=1S/C29H24O8/c1-37-23-7-13(3-5-19(23)33)25-27-17(9-15(31)11-22(27)36)28-24(12-2-4-18(32)20(34)6-12)26-16(29(25)28)8-14(30)10-21(26)35/h2-11,24-25,28-36H,1H3/t24-,25-,28+,29+/m1/s1. The molecule has 0 aromatic heterocycles. The van der Waals surface area contributed by atoms with E-state index in [1.165, 1.54) is 37.4 Å². The highest BCUT2D eigenvalue weighted by atomic mass is 16.5. The molecule has 0 unspecified atom stereocenters. The second kappa shape index (κ2) is 7.89.